The van der Waals surface area contributed by atoms with E-state index >= 15 is 0 Å². The highest BCUT2D eigenvalue weighted by molar-refractivity contribution is 6.02. The molecule has 1 aliphatic rings. The molecule has 0 aliphatic carbocycles. The van der Waals surface area contributed by atoms with Crippen molar-refractivity contribution in [1.82, 2.24) is 15.1 Å². The second kappa shape index (κ2) is 5.33. The minimum absolute atomic E-state index is 0.00679. The van der Waals surface area contributed by atoms with Gasteiger partial charge in [-0.15, -0.1) is 0 Å². The first-order valence-corrected chi connectivity index (χ1v) is 7.34. The van der Waals surface area contributed by atoms with Gasteiger partial charge >= 0.3 is 0 Å². The lowest BCUT2D eigenvalue weighted by Crippen LogP contribution is -2.27. The van der Waals surface area contributed by atoms with Crippen LogP contribution in [0.3, 0.4) is 0 Å². The normalized spacial score (nSPS) is 17.1. The average Bonchev–Trinajstić information content (AvgIpc) is 3.04. The number of amides is 1. The van der Waals surface area contributed by atoms with Gasteiger partial charge in [0.05, 0.1) is 11.4 Å². The molecule has 1 aromatic carbocycles. The summed E-state index contributed by atoms with van der Waals surface area (Å²) in [5, 5.41) is 10.7. The molecule has 0 spiro atoms. The molecule has 2 aromatic rings. The topological polar surface area (TPSA) is 59.0 Å². The molecule has 0 fully saturated rings. The first-order valence-electron chi connectivity index (χ1n) is 7.34. The van der Waals surface area contributed by atoms with E-state index in [1.54, 1.807) is 0 Å². The molecule has 1 atom stereocenters. The van der Waals surface area contributed by atoms with Gasteiger partial charge in [0.2, 0.25) is 5.91 Å². The summed E-state index contributed by atoms with van der Waals surface area (Å²) < 4.78 is 1.85. The molecule has 2 heterocycles. The van der Waals surface area contributed by atoms with Crippen LogP contribution in [0.5, 0.6) is 0 Å². The maximum atomic E-state index is 12.0. The fourth-order valence-electron chi connectivity index (χ4n) is 2.59. The highest BCUT2D eigenvalue weighted by Crippen LogP contribution is 2.32. The predicted octanol–water partition coefficient (Wildman–Crippen LogP) is 2.60. The number of rotatable bonds is 4. The Kier molecular flexibility index (Phi) is 3.51. The van der Waals surface area contributed by atoms with Crippen LogP contribution in [0.4, 0.5) is 5.69 Å². The van der Waals surface area contributed by atoms with Crippen LogP contribution in [0.1, 0.15) is 44.0 Å². The van der Waals surface area contributed by atoms with Crippen molar-refractivity contribution in [2.24, 2.45) is 0 Å². The van der Waals surface area contributed by atoms with Crippen molar-refractivity contribution >= 4 is 11.6 Å². The van der Waals surface area contributed by atoms with Crippen LogP contribution in [0, 0.1) is 0 Å². The fourth-order valence-corrected chi connectivity index (χ4v) is 2.59. The van der Waals surface area contributed by atoms with Crippen LogP contribution < -0.4 is 10.6 Å². The predicted molar refractivity (Wildman–Crippen MR) is 82.7 cm³/mol. The van der Waals surface area contributed by atoms with Crippen LogP contribution in [0.2, 0.25) is 0 Å². The summed E-state index contributed by atoms with van der Waals surface area (Å²) in [6.07, 6.45) is 1.95. The number of likely N-dealkylation sites (N-methyl/N-ethyl adjacent to an activating group) is 1. The minimum Gasteiger partial charge on any atom is -0.324 e. The molecule has 3 rings (SSSR count). The molecule has 2 N–H and O–H groups in total. The van der Waals surface area contributed by atoms with E-state index in [1.807, 2.05) is 42.1 Å². The Morgan fingerprint density at radius 2 is 2.19 bits per heavy atom. The first-order chi connectivity index (χ1) is 10.1. The lowest BCUT2D eigenvalue weighted by atomic mass is 10.1. The van der Waals surface area contributed by atoms with Gasteiger partial charge in [0.15, 0.2) is 0 Å². The van der Waals surface area contributed by atoms with Crippen molar-refractivity contribution in [2.45, 2.75) is 32.7 Å². The second-order valence-electron chi connectivity index (χ2n) is 5.59. The maximum Gasteiger partial charge on any atom is 0.246 e. The summed E-state index contributed by atoms with van der Waals surface area (Å²) >= 11 is 0. The number of nitrogens with zero attached hydrogens (tertiary/aromatic N) is 2. The molecule has 0 saturated carbocycles. The SMILES string of the molecule is CCNC1C(=O)Nc2cc(-n3ccc(C(C)C)n3)ccc21. The van der Waals surface area contributed by atoms with Crippen molar-refractivity contribution in [3.05, 3.63) is 41.7 Å². The quantitative estimate of drug-likeness (QED) is 0.907. The van der Waals surface area contributed by atoms with E-state index < -0.39 is 0 Å². The van der Waals surface area contributed by atoms with Gasteiger partial charge in [0, 0.05) is 17.4 Å². The highest BCUT2D eigenvalue weighted by Gasteiger charge is 2.29. The van der Waals surface area contributed by atoms with Crippen LogP contribution >= 0.6 is 0 Å². The number of benzene rings is 1. The molecule has 1 aromatic heterocycles. The number of aromatic nitrogens is 2. The lowest BCUT2D eigenvalue weighted by Gasteiger charge is -2.09. The zero-order valence-corrected chi connectivity index (χ0v) is 12.6. The molecule has 5 heteroatoms. The van der Waals surface area contributed by atoms with Gasteiger partial charge in [0.25, 0.3) is 0 Å². The molecule has 110 valence electrons. The molecule has 5 nitrogen and oxygen atoms in total. The smallest absolute Gasteiger partial charge is 0.246 e. The van der Waals surface area contributed by atoms with Gasteiger partial charge < -0.3 is 10.6 Å². The largest absolute Gasteiger partial charge is 0.324 e. The molecule has 0 saturated heterocycles. The summed E-state index contributed by atoms with van der Waals surface area (Å²) in [6.45, 7) is 7.00. The van der Waals surface area contributed by atoms with Crippen molar-refractivity contribution in [3.8, 4) is 5.69 Å². The van der Waals surface area contributed by atoms with E-state index in [0.29, 0.717) is 5.92 Å². The van der Waals surface area contributed by atoms with Gasteiger partial charge in [-0.2, -0.15) is 5.10 Å². The minimum atomic E-state index is -0.247. The third kappa shape index (κ3) is 2.45. The number of fused-ring (bicyclic) bond motifs is 1. The second-order valence-corrected chi connectivity index (χ2v) is 5.59. The van der Waals surface area contributed by atoms with Gasteiger partial charge in [-0.05, 0) is 30.7 Å². The molecular formula is C16H20N4O. The summed E-state index contributed by atoms with van der Waals surface area (Å²) in [5.41, 5.74) is 3.88. The Morgan fingerprint density at radius 3 is 2.86 bits per heavy atom. The number of anilines is 1. The summed E-state index contributed by atoms with van der Waals surface area (Å²) in [6, 6.07) is 7.75. The monoisotopic (exact) mass is 284 g/mol. The number of carbonyl (C=O) groups is 1. The third-order valence-corrected chi connectivity index (χ3v) is 3.74. The molecule has 1 aliphatic heterocycles. The Bertz CT molecular complexity index is 675. The van der Waals surface area contributed by atoms with Crippen molar-refractivity contribution in [3.63, 3.8) is 0 Å². The van der Waals surface area contributed by atoms with Gasteiger partial charge in [-0.3, -0.25) is 4.79 Å². The van der Waals surface area contributed by atoms with E-state index in [9.17, 15) is 4.79 Å². The van der Waals surface area contributed by atoms with Gasteiger partial charge in [0.1, 0.15) is 6.04 Å². The molecule has 1 unspecified atom stereocenters. The van der Waals surface area contributed by atoms with Crippen LogP contribution in [0.25, 0.3) is 5.69 Å². The van der Waals surface area contributed by atoms with E-state index in [1.165, 1.54) is 0 Å². The standard InChI is InChI=1S/C16H20N4O/c1-4-17-15-12-6-5-11(9-14(12)18-16(15)21)20-8-7-13(19-20)10(2)3/h5-10,15,17H,4H2,1-3H3,(H,18,21). The first kappa shape index (κ1) is 13.8. The van der Waals surface area contributed by atoms with Gasteiger partial charge in [-0.25, -0.2) is 4.68 Å². The Balaban J connectivity index is 1.93. The summed E-state index contributed by atoms with van der Waals surface area (Å²) in [4.78, 5) is 12.0. The van der Waals surface area contributed by atoms with Gasteiger partial charge in [-0.1, -0.05) is 26.8 Å². The van der Waals surface area contributed by atoms with E-state index in [-0.39, 0.29) is 11.9 Å². The fraction of sp³-hybridized carbons (Fsp3) is 0.375. The number of hydrogen-bond donors (Lipinski definition) is 2. The van der Waals surface area contributed by atoms with Crippen molar-refractivity contribution in [2.75, 3.05) is 11.9 Å². The van der Waals surface area contributed by atoms with E-state index in [0.717, 1.165) is 29.2 Å². The lowest BCUT2D eigenvalue weighted by molar-refractivity contribution is -0.117. The number of carbonyl (C=O) groups excluding carboxylic acids is 1. The van der Waals surface area contributed by atoms with Crippen LogP contribution in [-0.4, -0.2) is 22.2 Å². The molecule has 0 radical (unpaired) electrons. The average molecular weight is 284 g/mol. The maximum absolute atomic E-state index is 12.0. The zero-order valence-electron chi connectivity index (χ0n) is 12.6. The molecule has 21 heavy (non-hydrogen) atoms. The highest BCUT2D eigenvalue weighted by atomic mass is 16.2. The van der Waals surface area contributed by atoms with Crippen molar-refractivity contribution < 1.29 is 4.79 Å². The van der Waals surface area contributed by atoms with Crippen molar-refractivity contribution in [1.29, 1.82) is 0 Å². The summed E-state index contributed by atoms with van der Waals surface area (Å²) in [5.74, 6) is 0.408. The Hall–Kier alpha value is -2.14. The number of hydrogen-bond acceptors (Lipinski definition) is 3. The molecule has 0 bridgehead atoms. The molecular weight excluding hydrogens is 264 g/mol. The van der Waals surface area contributed by atoms with Crippen LogP contribution in [0.15, 0.2) is 30.5 Å². The Morgan fingerprint density at radius 1 is 1.38 bits per heavy atom. The number of nitrogens with one attached hydrogen (secondary N) is 2. The third-order valence-electron chi connectivity index (χ3n) is 3.74. The Labute approximate surface area is 124 Å². The summed E-state index contributed by atoms with van der Waals surface area (Å²) in [7, 11) is 0. The molecule has 1 amide bonds. The van der Waals surface area contributed by atoms with Crippen LogP contribution in [-0.2, 0) is 4.79 Å². The van der Waals surface area contributed by atoms with E-state index in [2.05, 4.69) is 29.6 Å². The van der Waals surface area contributed by atoms with E-state index in [4.69, 9.17) is 0 Å². The zero-order chi connectivity index (χ0) is 15.0.